The lowest BCUT2D eigenvalue weighted by molar-refractivity contribution is 0.0546. The third-order valence-electron chi connectivity index (χ3n) is 4.20. The molecule has 0 radical (unpaired) electrons. The lowest BCUT2D eigenvalue weighted by atomic mass is 9.69. The molecule has 0 aromatic carbocycles. The Labute approximate surface area is 93.6 Å². The first kappa shape index (κ1) is 11.4. The minimum Gasteiger partial charge on any atom is -0.374 e. The van der Waals surface area contributed by atoms with Crippen LogP contribution in [-0.2, 0) is 4.74 Å². The zero-order valence-electron chi connectivity index (χ0n) is 10.4. The van der Waals surface area contributed by atoms with Crippen molar-refractivity contribution >= 4 is 0 Å². The van der Waals surface area contributed by atoms with E-state index in [-0.39, 0.29) is 0 Å². The van der Waals surface area contributed by atoms with E-state index in [4.69, 9.17) is 10.5 Å². The standard InChI is InChI=1S/C13H25NO/c1-12(2,3)6-7-13(9-14)8-10-4-5-11(13)15-10/h10-11H,4-9,14H2,1-3H3. The second-order valence-electron chi connectivity index (χ2n) is 6.66. The molecular formula is C13H25NO. The van der Waals surface area contributed by atoms with Gasteiger partial charge in [-0.15, -0.1) is 0 Å². The molecule has 0 amide bonds. The van der Waals surface area contributed by atoms with Crippen LogP contribution in [0.15, 0.2) is 0 Å². The van der Waals surface area contributed by atoms with E-state index in [1.807, 2.05) is 0 Å². The SMILES string of the molecule is CC(C)(C)CCC1(CN)CC2CCC1O2. The molecule has 2 N–H and O–H groups in total. The monoisotopic (exact) mass is 211 g/mol. The van der Waals surface area contributed by atoms with E-state index in [0.717, 1.165) is 6.54 Å². The van der Waals surface area contributed by atoms with Gasteiger partial charge in [0.2, 0.25) is 0 Å². The lowest BCUT2D eigenvalue weighted by Crippen LogP contribution is -2.40. The molecule has 0 aliphatic carbocycles. The highest BCUT2D eigenvalue weighted by atomic mass is 16.5. The molecule has 3 unspecified atom stereocenters. The largest absolute Gasteiger partial charge is 0.374 e. The summed E-state index contributed by atoms with van der Waals surface area (Å²) in [6, 6.07) is 0. The maximum atomic E-state index is 6.00. The van der Waals surface area contributed by atoms with Crippen LogP contribution in [0.1, 0.15) is 52.9 Å². The molecule has 2 heterocycles. The van der Waals surface area contributed by atoms with Crippen molar-refractivity contribution in [3.05, 3.63) is 0 Å². The minimum atomic E-state index is 0.316. The van der Waals surface area contributed by atoms with Crippen molar-refractivity contribution in [2.45, 2.75) is 65.1 Å². The molecule has 2 heteroatoms. The summed E-state index contributed by atoms with van der Waals surface area (Å²) >= 11 is 0. The zero-order valence-corrected chi connectivity index (χ0v) is 10.4. The first-order valence-electron chi connectivity index (χ1n) is 6.31. The first-order valence-corrected chi connectivity index (χ1v) is 6.31. The van der Waals surface area contributed by atoms with Gasteiger partial charge in [-0.3, -0.25) is 0 Å². The predicted molar refractivity (Wildman–Crippen MR) is 62.7 cm³/mol. The van der Waals surface area contributed by atoms with Crippen molar-refractivity contribution in [1.82, 2.24) is 0 Å². The van der Waals surface area contributed by atoms with Crippen molar-refractivity contribution in [3.8, 4) is 0 Å². The summed E-state index contributed by atoms with van der Waals surface area (Å²) in [4.78, 5) is 0. The summed E-state index contributed by atoms with van der Waals surface area (Å²) in [5.74, 6) is 0. The fraction of sp³-hybridized carbons (Fsp3) is 1.00. The number of fused-ring (bicyclic) bond motifs is 2. The third-order valence-corrected chi connectivity index (χ3v) is 4.20. The maximum absolute atomic E-state index is 6.00. The maximum Gasteiger partial charge on any atom is 0.0649 e. The van der Waals surface area contributed by atoms with Gasteiger partial charge in [-0.25, -0.2) is 0 Å². The first-order chi connectivity index (χ1) is 6.95. The summed E-state index contributed by atoms with van der Waals surface area (Å²) in [6.07, 6.45) is 7.22. The van der Waals surface area contributed by atoms with Gasteiger partial charge in [0.05, 0.1) is 12.2 Å². The van der Waals surface area contributed by atoms with E-state index >= 15 is 0 Å². The molecule has 3 atom stereocenters. The molecule has 15 heavy (non-hydrogen) atoms. The quantitative estimate of drug-likeness (QED) is 0.779. The van der Waals surface area contributed by atoms with Crippen LogP contribution in [0.4, 0.5) is 0 Å². The Kier molecular flexibility index (Phi) is 2.85. The van der Waals surface area contributed by atoms with E-state index in [2.05, 4.69) is 20.8 Å². The molecule has 0 saturated carbocycles. The molecule has 2 rings (SSSR count). The lowest BCUT2D eigenvalue weighted by Gasteiger charge is -2.36. The Hall–Kier alpha value is -0.0800. The van der Waals surface area contributed by atoms with E-state index in [1.165, 1.54) is 32.1 Å². The number of hydrogen-bond donors (Lipinski definition) is 1. The van der Waals surface area contributed by atoms with Crippen molar-refractivity contribution < 1.29 is 4.74 Å². The third kappa shape index (κ3) is 2.21. The van der Waals surface area contributed by atoms with Gasteiger partial charge in [-0.05, 0) is 37.5 Å². The van der Waals surface area contributed by atoms with Crippen LogP contribution in [0.2, 0.25) is 0 Å². The van der Waals surface area contributed by atoms with E-state index < -0.39 is 0 Å². The van der Waals surface area contributed by atoms with Gasteiger partial charge < -0.3 is 10.5 Å². The Morgan fingerprint density at radius 1 is 1.33 bits per heavy atom. The van der Waals surface area contributed by atoms with Crippen LogP contribution in [0.3, 0.4) is 0 Å². The Bertz CT molecular complexity index is 233. The summed E-state index contributed by atoms with van der Waals surface area (Å²) in [7, 11) is 0. The number of nitrogens with two attached hydrogens (primary N) is 1. The molecule has 2 nitrogen and oxygen atoms in total. The van der Waals surface area contributed by atoms with Crippen molar-refractivity contribution in [2.75, 3.05) is 6.54 Å². The Morgan fingerprint density at radius 3 is 2.47 bits per heavy atom. The number of ether oxygens (including phenoxy) is 1. The molecular weight excluding hydrogens is 186 g/mol. The molecule has 2 aliphatic heterocycles. The van der Waals surface area contributed by atoms with Crippen LogP contribution < -0.4 is 5.73 Å². The molecule has 2 aliphatic rings. The highest BCUT2D eigenvalue weighted by Gasteiger charge is 2.51. The molecule has 88 valence electrons. The zero-order chi connectivity index (χ0) is 11.1. The average molecular weight is 211 g/mol. The highest BCUT2D eigenvalue weighted by Crippen LogP contribution is 2.50. The molecule has 0 aromatic heterocycles. The second-order valence-corrected chi connectivity index (χ2v) is 6.66. The van der Waals surface area contributed by atoms with Gasteiger partial charge in [0.25, 0.3) is 0 Å². The smallest absolute Gasteiger partial charge is 0.0649 e. The van der Waals surface area contributed by atoms with Crippen LogP contribution in [0.25, 0.3) is 0 Å². The van der Waals surface area contributed by atoms with E-state index in [9.17, 15) is 0 Å². The molecule has 0 aromatic rings. The van der Waals surface area contributed by atoms with E-state index in [0.29, 0.717) is 23.0 Å². The minimum absolute atomic E-state index is 0.316. The fourth-order valence-electron chi connectivity index (χ4n) is 3.10. The fourth-order valence-corrected chi connectivity index (χ4v) is 3.10. The van der Waals surface area contributed by atoms with Crippen LogP contribution in [0.5, 0.6) is 0 Å². The van der Waals surface area contributed by atoms with Crippen LogP contribution in [0, 0.1) is 10.8 Å². The average Bonchev–Trinajstić information content (AvgIpc) is 2.73. The molecule has 2 bridgehead atoms. The highest BCUT2D eigenvalue weighted by molar-refractivity contribution is 5.01. The van der Waals surface area contributed by atoms with Crippen molar-refractivity contribution in [2.24, 2.45) is 16.6 Å². The van der Waals surface area contributed by atoms with Gasteiger partial charge in [-0.2, -0.15) is 0 Å². The number of hydrogen-bond acceptors (Lipinski definition) is 2. The summed E-state index contributed by atoms with van der Waals surface area (Å²) in [6.45, 7) is 7.74. The number of rotatable bonds is 3. The van der Waals surface area contributed by atoms with Gasteiger partial charge in [0.1, 0.15) is 0 Å². The van der Waals surface area contributed by atoms with Crippen LogP contribution >= 0.6 is 0 Å². The topological polar surface area (TPSA) is 35.2 Å². The molecule has 2 saturated heterocycles. The van der Waals surface area contributed by atoms with Crippen molar-refractivity contribution in [3.63, 3.8) is 0 Å². The van der Waals surface area contributed by atoms with Gasteiger partial charge in [-0.1, -0.05) is 20.8 Å². The Balaban J connectivity index is 1.98. The summed E-state index contributed by atoms with van der Waals surface area (Å²) in [5, 5.41) is 0. The Morgan fingerprint density at radius 2 is 2.07 bits per heavy atom. The normalized spacial score (nSPS) is 40.0. The molecule has 2 fully saturated rings. The van der Waals surface area contributed by atoms with Gasteiger partial charge in [0, 0.05) is 12.0 Å². The van der Waals surface area contributed by atoms with Gasteiger partial charge >= 0.3 is 0 Å². The van der Waals surface area contributed by atoms with Gasteiger partial charge in [0.15, 0.2) is 0 Å². The summed E-state index contributed by atoms with van der Waals surface area (Å²) < 4.78 is 5.96. The predicted octanol–water partition coefficient (Wildman–Crippen LogP) is 2.71. The molecule has 0 spiro atoms. The van der Waals surface area contributed by atoms with Crippen molar-refractivity contribution in [1.29, 1.82) is 0 Å². The summed E-state index contributed by atoms with van der Waals surface area (Å²) in [5.41, 5.74) is 6.74. The second kappa shape index (κ2) is 3.74. The van der Waals surface area contributed by atoms with E-state index in [1.54, 1.807) is 0 Å². The van der Waals surface area contributed by atoms with Crippen LogP contribution in [-0.4, -0.2) is 18.8 Å².